The summed E-state index contributed by atoms with van der Waals surface area (Å²) in [4.78, 5) is 0. The maximum absolute atomic E-state index is 9.43. The Balaban J connectivity index is 3.13. The number of aryl methyl sites for hydroxylation is 2. The first-order valence-corrected chi connectivity index (χ1v) is 4.42. The van der Waals surface area contributed by atoms with Crippen LogP contribution in [0.25, 0.3) is 0 Å². The third-order valence-electron chi connectivity index (χ3n) is 1.68. The third kappa shape index (κ3) is 1.58. The van der Waals surface area contributed by atoms with Gasteiger partial charge in [-0.2, -0.15) is 5.10 Å². The van der Waals surface area contributed by atoms with Crippen molar-refractivity contribution in [1.82, 2.24) is 9.78 Å². The van der Waals surface area contributed by atoms with Crippen LogP contribution in [0.2, 0.25) is 5.15 Å². The third-order valence-corrected chi connectivity index (χ3v) is 2.42. The van der Waals surface area contributed by atoms with Gasteiger partial charge in [0.1, 0.15) is 5.15 Å². The highest BCUT2D eigenvalue weighted by Gasteiger charge is 2.17. The summed E-state index contributed by atoms with van der Waals surface area (Å²) in [7, 11) is 1.72. The molecule has 1 aromatic rings. The van der Waals surface area contributed by atoms with E-state index in [1.54, 1.807) is 14.0 Å². The zero-order valence-corrected chi connectivity index (χ0v) is 8.39. The van der Waals surface area contributed by atoms with Crippen molar-refractivity contribution in [1.29, 1.82) is 0 Å². The summed E-state index contributed by atoms with van der Waals surface area (Å²) in [6.07, 6.45) is -0.729. The molecule has 1 atom stereocenters. The first kappa shape index (κ1) is 9.84. The smallest absolute Gasteiger partial charge is 0.132 e. The van der Waals surface area contributed by atoms with Gasteiger partial charge in [-0.05, 0) is 6.92 Å². The number of aliphatic hydroxyl groups is 1. The minimum absolute atomic E-state index is 0.131. The maximum Gasteiger partial charge on any atom is 0.132 e. The Labute approximate surface area is 80.9 Å². The van der Waals surface area contributed by atoms with Crippen LogP contribution in [0, 0.1) is 6.92 Å². The lowest BCUT2D eigenvalue weighted by Gasteiger charge is -2.05. The van der Waals surface area contributed by atoms with Crippen molar-refractivity contribution in [3.63, 3.8) is 0 Å². The molecule has 0 amide bonds. The molecule has 1 rings (SSSR count). The van der Waals surface area contributed by atoms with Gasteiger partial charge in [-0.15, -0.1) is 11.6 Å². The van der Waals surface area contributed by atoms with Crippen LogP contribution in [0.3, 0.4) is 0 Å². The summed E-state index contributed by atoms with van der Waals surface area (Å²) >= 11 is 11.4. The monoisotopic (exact) mass is 208 g/mol. The topological polar surface area (TPSA) is 38.0 Å². The second-order valence-corrected chi connectivity index (χ2v) is 3.25. The van der Waals surface area contributed by atoms with Crippen molar-refractivity contribution in [2.24, 2.45) is 7.05 Å². The number of hydrogen-bond acceptors (Lipinski definition) is 2. The number of aliphatic hydroxyl groups excluding tert-OH is 1. The van der Waals surface area contributed by atoms with E-state index in [2.05, 4.69) is 5.10 Å². The van der Waals surface area contributed by atoms with Gasteiger partial charge in [0.2, 0.25) is 0 Å². The summed E-state index contributed by atoms with van der Waals surface area (Å²) in [6.45, 7) is 1.79. The number of aromatic nitrogens is 2. The molecule has 0 saturated heterocycles. The van der Waals surface area contributed by atoms with E-state index >= 15 is 0 Å². The molecule has 1 heterocycles. The van der Waals surface area contributed by atoms with Gasteiger partial charge in [-0.3, -0.25) is 4.68 Å². The first-order valence-electron chi connectivity index (χ1n) is 3.51. The molecule has 0 radical (unpaired) electrons. The average molecular weight is 209 g/mol. The minimum Gasteiger partial charge on any atom is -0.387 e. The van der Waals surface area contributed by atoms with Gasteiger partial charge >= 0.3 is 0 Å². The molecule has 0 aromatic carbocycles. The van der Waals surface area contributed by atoms with E-state index in [1.807, 2.05) is 0 Å². The molecule has 12 heavy (non-hydrogen) atoms. The van der Waals surface area contributed by atoms with Crippen molar-refractivity contribution in [2.45, 2.75) is 13.0 Å². The predicted molar refractivity (Wildman–Crippen MR) is 48.6 cm³/mol. The fourth-order valence-electron chi connectivity index (χ4n) is 1.10. The quantitative estimate of drug-likeness (QED) is 0.752. The summed E-state index contributed by atoms with van der Waals surface area (Å²) < 4.78 is 1.52. The second-order valence-electron chi connectivity index (χ2n) is 2.58. The first-order chi connectivity index (χ1) is 5.57. The zero-order valence-electron chi connectivity index (χ0n) is 6.88. The molecule has 0 aliphatic heterocycles. The Morgan fingerprint density at radius 2 is 2.25 bits per heavy atom. The van der Waals surface area contributed by atoms with E-state index in [0.29, 0.717) is 10.7 Å². The molecular formula is C7H10Cl2N2O. The van der Waals surface area contributed by atoms with Crippen LogP contribution < -0.4 is 0 Å². The van der Waals surface area contributed by atoms with Gasteiger partial charge in [0.15, 0.2) is 0 Å². The van der Waals surface area contributed by atoms with E-state index in [1.165, 1.54) is 4.68 Å². The van der Waals surface area contributed by atoms with Crippen LogP contribution in [0.1, 0.15) is 17.4 Å². The lowest BCUT2D eigenvalue weighted by molar-refractivity contribution is 0.202. The van der Waals surface area contributed by atoms with E-state index in [4.69, 9.17) is 23.2 Å². The highest BCUT2D eigenvalue weighted by Crippen LogP contribution is 2.26. The molecule has 0 saturated carbocycles. The molecule has 0 aliphatic carbocycles. The Bertz CT molecular complexity index is 285. The molecule has 68 valence electrons. The fraction of sp³-hybridized carbons (Fsp3) is 0.571. The number of alkyl halides is 1. The van der Waals surface area contributed by atoms with E-state index < -0.39 is 6.10 Å². The second kappa shape index (κ2) is 3.64. The Morgan fingerprint density at radius 3 is 2.58 bits per heavy atom. The summed E-state index contributed by atoms with van der Waals surface area (Å²) in [5, 5.41) is 13.9. The van der Waals surface area contributed by atoms with Crippen LogP contribution in [0.5, 0.6) is 0 Å². The van der Waals surface area contributed by atoms with Gasteiger partial charge in [0, 0.05) is 12.6 Å². The van der Waals surface area contributed by atoms with Crippen molar-refractivity contribution in [3.05, 3.63) is 16.4 Å². The standard InChI is InChI=1S/C7H10Cl2N2O/c1-4-6(5(12)3-8)7(9)11(2)10-4/h5,12H,3H2,1-2H3. The fourth-order valence-corrected chi connectivity index (χ4v) is 1.56. The Kier molecular flexibility index (Phi) is 2.99. The summed E-state index contributed by atoms with van der Waals surface area (Å²) in [5.41, 5.74) is 1.34. The van der Waals surface area contributed by atoms with E-state index in [0.717, 1.165) is 5.69 Å². The van der Waals surface area contributed by atoms with E-state index in [-0.39, 0.29) is 5.88 Å². The average Bonchev–Trinajstić information content (AvgIpc) is 2.26. The maximum atomic E-state index is 9.43. The molecule has 0 spiro atoms. The minimum atomic E-state index is -0.729. The molecule has 1 aromatic heterocycles. The number of hydrogen-bond donors (Lipinski definition) is 1. The number of rotatable bonds is 2. The van der Waals surface area contributed by atoms with Gasteiger partial charge in [0.05, 0.1) is 17.7 Å². The molecule has 0 aliphatic rings. The highest BCUT2D eigenvalue weighted by molar-refractivity contribution is 6.30. The Hall–Kier alpha value is -0.250. The van der Waals surface area contributed by atoms with Crippen molar-refractivity contribution in [3.8, 4) is 0 Å². The van der Waals surface area contributed by atoms with Crippen molar-refractivity contribution in [2.75, 3.05) is 5.88 Å². The van der Waals surface area contributed by atoms with Crippen molar-refractivity contribution >= 4 is 23.2 Å². The zero-order chi connectivity index (χ0) is 9.30. The van der Waals surface area contributed by atoms with E-state index in [9.17, 15) is 5.11 Å². The lowest BCUT2D eigenvalue weighted by atomic mass is 10.2. The lowest BCUT2D eigenvalue weighted by Crippen LogP contribution is -2.00. The van der Waals surface area contributed by atoms with Gasteiger partial charge in [-0.1, -0.05) is 11.6 Å². The van der Waals surface area contributed by atoms with Gasteiger partial charge in [-0.25, -0.2) is 0 Å². The highest BCUT2D eigenvalue weighted by atomic mass is 35.5. The van der Waals surface area contributed by atoms with Crippen LogP contribution >= 0.6 is 23.2 Å². The predicted octanol–water partition coefficient (Wildman–Crippen LogP) is 1.65. The largest absolute Gasteiger partial charge is 0.387 e. The molecule has 1 unspecified atom stereocenters. The molecule has 0 bridgehead atoms. The summed E-state index contributed by atoms with van der Waals surface area (Å²) in [5.74, 6) is 0.131. The molecule has 5 heteroatoms. The molecule has 3 nitrogen and oxygen atoms in total. The van der Waals surface area contributed by atoms with Crippen LogP contribution in [-0.2, 0) is 7.05 Å². The number of nitrogens with zero attached hydrogens (tertiary/aromatic N) is 2. The Morgan fingerprint density at radius 1 is 1.67 bits per heavy atom. The molecule has 1 N–H and O–H groups in total. The van der Waals surface area contributed by atoms with Gasteiger partial charge in [0.25, 0.3) is 0 Å². The van der Waals surface area contributed by atoms with Gasteiger partial charge < -0.3 is 5.11 Å². The number of halogens is 2. The summed E-state index contributed by atoms with van der Waals surface area (Å²) in [6, 6.07) is 0. The normalized spacial score (nSPS) is 13.4. The molecular weight excluding hydrogens is 199 g/mol. The SMILES string of the molecule is Cc1nn(C)c(Cl)c1C(O)CCl. The molecule has 0 fully saturated rings. The van der Waals surface area contributed by atoms with Crippen LogP contribution in [0.15, 0.2) is 0 Å². The van der Waals surface area contributed by atoms with Crippen LogP contribution in [0.4, 0.5) is 0 Å². The van der Waals surface area contributed by atoms with Crippen molar-refractivity contribution < 1.29 is 5.11 Å². The van der Waals surface area contributed by atoms with Crippen LogP contribution in [-0.4, -0.2) is 20.8 Å².